The Labute approximate surface area is 146 Å². The van der Waals surface area contributed by atoms with Gasteiger partial charge in [-0.3, -0.25) is 0 Å². The van der Waals surface area contributed by atoms with Gasteiger partial charge in [-0.1, -0.05) is 0 Å². The Bertz CT molecular complexity index is 812. The van der Waals surface area contributed by atoms with Gasteiger partial charge in [-0.15, -0.1) is 11.3 Å². The molecule has 6 nitrogen and oxygen atoms in total. The Balaban J connectivity index is 1.58. The summed E-state index contributed by atoms with van der Waals surface area (Å²) in [6, 6.07) is 3.47. The fourth-order valence-corrected chi connectivity index (χ4v) is 6.92. The minimum absolute atomic E-state index is 0.130. The van der Waals surface area contributed by atoms with Crippen molar-refractivity contribution in [2.24, 2.45) is 5.41 Å². The first-order chi connectivity index (χ1) is 11.5. The Morgan fingerprint density at radius 2 is 2.12 bits per heavy atom. The molecule has 130 valence electrons. The number of nitrogens with zero attached hydrogens (tertiary/aromatic N) is 3. The van der Waals surface area contributed by atoms with Gasteiger partial charge in [0, 0.05) is 19.6 Å². The van der Waals surface area contributed by atoms with Crippen LogP contribution in [0.2, 0.25) is 0 Å². The summed E-state index contributed by atoms with van der Waals surface area (Å²) in [5.74, 6) is 0.606. The van der Waals surface area contributed by atoms with E-state index >= 15 is 0 Å². The van der Waals surface area contributed by atoms with Crippen LogP contribution in [-0.4, -0.2) is 55.8 Å². The molecule has 2 aromatic heterocycles. The molecule has 0 radical (unpaired) electrons. The molecular formula is C16H21N3O3S2. The quantitative estimate of drug-likeness (QED) is 0.834. The second-order valence-electron chi connectivity index (χ2n) is 6.91. The van der Waals surface area contributed by atoms with Crippen molar-refractivity contribution in [3.05, 3.63) is 24.7 Å². The highest BCUT2D eigenvalue weighted by Gasteiger charge is 2.43. The number of likely N-dealkylation sites (tertiary alicyclic amines) is 1. The van der Waals surface area contributed by atoms with E-state index in [-0.39, 0.29) is 5.41 Å². The summed E-state index contributed by atoms with van der Waals surface area (Å²) in [5, 5.41) is 0. The Hall–Kier alpha value is -1.22. The summed E-state index contributed by atoms with van der Waals surface area (Å²) in [4.78, 5) is 6.99. The molecule has 0 amide bonds. The summed E-state index contributed by atoms with van der Waals surface area (Å²) < 4.78 is 33.5. The minimum Gasteiger partial charge on any atom is -0.443 e. The first-order valence-electron chi connectivity index (χ1n) is 8.16. The standard InChI is InChI=1S/C16H21N3O3S2/c1-18-8-6-16(10-18)5-2-7-19(11-16)24(20,21)15-4-3-14(23-15)13-9-17-12-22-13/h3-4,9,12H,2,5-8,10-11H2,1H3/t16-/m1/s1. The molecule has 0 saturated carbocycles. The number of hydrogen-bond acceptors (Lipinski definition) is 6. The molecular weight excluding hydrogens is 346 g/mol. The predicted octanol–water partition coefficient (Wildman–Crippen LogP) is 2.51. The van der Waals surface area contributed by atoms with Crippen molar-refractivity contribution in [1.82, 2.24) is 14.2 Å². The molecule has 8 heteroatoms. The molecule has 0 aliphatic carbocycles. The lowest BCUT2D eigenvalue weighted by Gasteiger charge is -2.39. The van der Waals surface area contributed by atoms with E-state index < -0.39 is 10.0 Å². The number of hydrogen-bond donors (Lipinski definition) is 0. The third-order valence-electron chi connectivity index (χ3n) is 5.11. The molecule has 1 atom stereocenters. The first kappa shape index (κ1) is 16.3. The van der Waals surface area contributed by atoms with E-state index in [0.717, 1.165) is 37.2 Å². The highest BCUT2D eigenvalue weighted by atomic mass is 32.2. The fourth-order valence-electron chi connectivity index (χ4n) is 3.92. The summed E-state index contributed by atoms with van der Waals surface area (Å²) >= 11 is 1.25. The van der Waals surface area contributed by atoms with Gasteiger partial charge in [0.2, 0.25) is 0 Å². The van der Waals surface area contributed by atoms with E-state index in [1.54, 1.807) is 22.6 Å². The molecule has 24 heavy (non-hydrogen) atoms. The molecule has 4 heterocycles. The molecule has 0 N–H and O–H groups in total. The maximum Gasteiger partial charge on any atom is 0.252 e. The molecule has 0 aromatic carbocycles. The van der Waals surface area contributed by atoms with Crippen molar-refractivity contribution in [2.75, 3.05) is 33.2 Å². The second kappa shape index (κ2) is 5.94. The maximum absolute atomic E-state index is 13.1. The Kier molecular flexibility index (Phi) is 4.03. The van der Waals surface area contributed by atoms with Crippen LogP contribution < -0.4 is 0 Å². The van der Waals surface area contributed by atoms with Crippen molar-refractivity contribution < 1.29 is 12.8 Å². The number of piperidine rings is 1. The predicted molar refractivity (Wildman–Crippen MR) is 92.4 cm³/mol. The van der Waals surface area contributed by atoms with Crippen LogP contribution in [0.1, 0.15) is 19.3 Å². The molecule has 2 fully saturated rings. The molecule has 2 aliphatic rings. The molecule has 0 bridgehead atoms. The highest BCUT2D eigenvalue weighted by Crippen LogP contribution is 2.41. The van der Waals surface area contributed by atoms with Gasteiger partial charge in [-0.25, -0.2) is 13.4 Å². The number of rotatable bonds is 3. The van der Waals surface area contributed by atoms with Gasteiger partial charge in [0.05, 0.1) is 11.1 Å². The van der Waals surface area contributed by atoms with E-state index in [2.05, 4.69) is 16.9 Å². The SMILES string of the molecule is CN1CC[C@]2(CCCN(S(=O)(=O)c3ccc(-c4cnco4)s3)C2)C1. The maximum atomic E-state index is 13.1. The largest absolute Gasteiger partial charge is 0.443 e. The van der Waals surface area contributed by atoms with Crippen LogP contribution in [-0.2, 0) is 10.0 Å². The van der Waals surface area contributed by atoms with Crippen molar-refractivity contribution in [1.29, 1.82) is 0 Å². The van der Waals surface area contributed by atoms with Gasteiger partial charge in [0.25, 0.3) is 10.0 Å². The van der Waals surface area contributed by atoms with E-state index in [4.69, 9.17) is 4.42 Å². The summed E-state index contributed by atoms with van der Waals surface area (Å²) in [5.41, 5.74) is 0.130. The van der Waals surface area contributed by atoms with Gasteiger partial charge in [-0.2, -0.15) is 4.31 Å². The van der Waals surface area contributed by atoms with Gasteiger partial charge < -0.3 is 9.32 Å². The van der Waals surface area contributed by atoms with Crippen LogP contribution in [0.4, 0.5) is 0 Å². The van der Waals surface area contributed by atoms with Crippen molar-refractivity contribution in [2.45, 2.75) is 23.5 Å². The second-order valence-corrected chi connectivity index (χ2v) is 10.2. The van der Waals surface area contributed by atoms with Crippen molar-refractivity contribution >= 4 is 21.4 Å². The molecule has 2 aliphatic heterocycles. The molecule has 4 rings (SSSR count). The zero-order valence-electron chi connectivity index (χ0n) is 13.6. The lowest BCUT2D eigenvalue weighted by atomic mass is 9.80. The molecule has 2 saturated heterocycles. The monoisotopic (exact) mass is 367 g/mol. The summed E-state index contributed by atoms with van der Waals surface area (Å²) in [6.07, 6.45) is 6.11. The smallest absolute Gasteiger partial charge is 0.252 e. The third kappa shape index (κ3) is 2.81. The normalized spacial score (nSPS) is 26.4. The van der Waals surface area contributed by atoms with Gasteiger partial charge in [-0.05, 0) is 50.4 Å². The first-order valence-corrected chi connectivity index (χ1v) is 10.4. The van der Waals surface area contributed by atoms with Crippen LogP contribution in [0.5, 0.6) is 0 Å². The zero-order valence-corrected chi connectivity index (χ0v) is 15.3. The molecule has 0 unspecified atom stereocenters. The lowest BCUT2D eigenvalue weighted by Crippen LogP contribution is -2.46. The van der Waals surface area contributed by atoms with Crippen molar-refractivity contribution in [3.8, 4) is 10.6 Å². The topological polar surface area (TPSA) is 66.7 Å². The number of sulfonamides is 1. The summed E-state index contributed by atoms with van der Waals surface area (Å²) in [6.45, 7) is 3.30. The average molecular weight is 367 g/mol. The van der Waals surface area contributed by atoms with Crippen LogP contribution >= 0.6 is 11.3 Å². The highest BCUT2D eigenvalue weighted by molar-refractivity contribution is 7.91. The van der Waals surface area contributed by atoms with E-state index in [1.165, 1.54) is 17.7 Å². The Morgan fingerprint density at radius 3 is 2.83 bits per heavy atom. The van der Waals surface area contributed by atoms with Crippen molar-refractivity contribution in [3.63, 3.8) is 0 Å². The van der Waals surface area contributed by atoms with Gasteiger partial charge in [0.15, 0.2) is 12.2 Å². The van der Waals surface area contributed by atoms with Crippen LogP contribution in [0.25, 0.3) is 10.6 Å². The van der Waals surface area contributed by atoms with Crippen LogP contribution in [0, 0.1) is 5.41 Å². The Morgan fingerprint density at radius 1 is 1.25 bits per heavy atom. The number of aromatic nitrogens is 1. The van der Waals surface area contributed by atoms with Gasteiger partial charge in [0.1, 0.15) is 4.21 Å². The minimum atomic E-state index is -3.44. The van der Waals surface area contributed by atoms with E-state index in [0.29, 0.717) is 23.1 Å². The number of oxazole rings is 1. The van der Waals surface area contributed by atoms with E-state index in [1.807, 2.05) is 0 Å². The lowest BCUT2D eigenvalue weighted by molar-refractivity contribution is 0.153. The third-order valence-corrected chi connectivity index (χ3v) is 8.52. The van der Waals surface area contributed by atoms with Crippen LogP contribution in [0.3, 0.4) is 0 Å². The van der Waals surface area contributed by atoms with Gasteiger partial charge >= 0.3 is 0 Å². The molecule has 2 aromatic rings. The van der Waals surface area contributed by atoms with E-state index in [9.17, 15) is 8.42 Å². The fraction of sp³-hybridized carbons (Fsp3) is 0.562. The van der Waals surface area contributed by atoms with Crippen LogP contribution in [0.15, 0.2) is 33.3 Å². The number of thiophene rings is 1. The molecule has 1 spiro atoms. The summed E-state index contributed by atoms with van der Waals surface area (Å²) in [7, 11) is -1.33. The zero-order chi connectivity index (χ0) is 16.8. The average Bonchev–Trinajstić information content (AvgIpc) is 3.28.